The van der Waals surface area contributed by atoms with E-state index in [1.54, 1.807) is 24.2 Å². The number of rotatable bonds is 3. The number of aryl methyl sites for hydroxylation is 1. The van der Waals surface area contributed by atoms with Gasteiger partial charge in [-0.25, -0.2) is 4.98 Å². The molecule has 6 heteroatoms. The lowest BCUT2D eigenvalue weighted by atomic mass is 10.2. The predicted octanol–water partition coefficient (Wildman–Crippen LogP) is 3.49. The normalized spacial score (nSPS) is 11.2. The molecule has 130 valence electrons. The van der Waals surface area contributed by atoms with Gasteiger partial charge in [-0.2, -0.15) is 0 Å². The van der Waals surface area contributed by atoms with Crippen LogP contribution >= 0.6 is 11.3 Å². The van der Waals surface area contributed by atoms with Gasteiger partial charge < -0.3 is 4.90 Å². The second-order valence-corrected chi connectivity index (χ2v) is 7.31. The van der Waals surface area contributed by atoms with Crippen LogP contribution in [0.25, 0.3) is 15.9 Å². The lowest BCUT2D eigenvalue weighted by molar-refractivity contribution is 0.0790. The quantitative estimate of drug-likeness (QED) is 0.560. The molecule has 5 nitrogen and oxygen atoms in total. The van der Waals surface area contributed by atoms with Crippen molar-refractivity contribution in [1.82, 2.24) is 14.3 Å². The number of thiophene rings is 1. The smallest absolute Gasteiger partial charge is 0.266 e. The van der Waals surface area contributed by atoms with Crippen LogP contribution in [0.2, 0.25) is 0 Å². The van der Waals surface area contributed by atoms with Crippen molar-refractivity contribution in [3.63, 3.8) is 0 Å². The number of hydrogen-bond acceptors (Lipinski definition) is 4. The Kier molecular flexibility index (Phi) is 4.05. The van der Waals surface area contributed by atoms with Crippen molar-refractivity contribution in [3.8, 4) is 0 Å². The number of fused-ring (bicyclic) bond motifs is 2. The van der Waals surface area contributed by atoms with Crippen LogP contribution < -0.4 is 5.56 Å². The molecule has 0 saturated heterocycles. The van der Waals surface area contributed by atoms with Gasteiger partial charge in [0.05, 0.1) is 10.3 Å². The molecule has 26 heavy (non-hydrogen) atoms. The zero-order valence-electron chi connectivity index (χ0n) is 14.5. The maximum Gasteiger partial charge on any atom is 0.266 e. The zero-order valence-corrected chi connectivity index (χ0v) is 15.3. The summed E-state index contributed by atoms with van der Waals surface area (Å²) < 4.78 is 1.53. The summed E-state index contributed by atoms with van der Waals surface area (Å²) in [5.41, 5.74) is 2.47. The molecular formula is C20H17N3O2S. The summed E-state index contributed by atoms with van der Waals surface area (Å²) in [4.78, 5) is 32.9. The summed E-state index contributed by atoms with van der Waals surface area (Å²) in [6.07, 6.45) is 1.71. The topological polar surface area (TPSA) is 54.7 Å². The maximum atomic E-state index is 12.8. The molecule has 3 heterocycles. The first-order valence-corrected chi connectivity index (χ1v) is 9.07. The van der Waals surface area contributed by atoms with Crippen molar-refractivity contribution in [3.05, 3.63) is 81.1 Å². The van der Waals surface area contributed by atoms with Crippen molar-refractivity contribution >= 4 is 33.1 Å². The van der Waals surface area contributed by atoms with Gasteiger partial charge in [0.2, 0.25) is 0 Å². The first-order valence-electron chi connectivity index (χ1n) is 8.25. The average Bonchev–Trinajstić information content (AvgIpc) is 3.07. The highest BCUT2D eigenvalue weighted by Gasteiger charge is 2.18. The number of aromatic nitrogens is 2. The fraction of sp³-hybridized carbons (Fsp3) is 0.150. The van der Waals surface area contributed by atoms with E-state index >= 15 is 0 Å². The van der Waals surface area contributed by atoms with Gasteiger partial charge >= 0.3 is 0 Å². The Bertz CT molecular complexity index is 1180. The van der Waals surface area contributed by atoms with E-state index in [1.165, 1.54) is 15.7 Å². The standard InChI is InChI=1S/C20H17N3O2S/c1-13-7-6-10-23-17(13)21-18-15(19(23)24)11-16(26-18)20(25)22(2)12-14-8-4-3-5-9-14/h3-11H,12H2,1-2H3. The van der Waals surface area contributed by atoms with Crippen LogP contribution in [-0.2, 0) is 6.54 Å². The van der Waals surface area contributed by atoms with Gasteiger partial charge in [0.25, 0.3) is 11.5 Å². The number of carbonyl (C=O) groups excluding carboxylic acids is 1. The van der Waals surface area contributed by atoms with Crippen molar-refractivity contribution in [2.45, 2.75) is 13.5 Å². The Balaban J connectivity index is 1.74. The van der Waals surface area contributed by atoms with E-state index < -0.39 is 0 Å². The Hall–Kier alpha value is -2.99. The van der Waals surface area contributed by atoms with Crippen molar-refractivity contribution in [2.75, 3.05) is 7.05 Å². The van der Waals surface area contributed by atoms with E-state index in [4.69, 9.17) is 0 Å². The predicted molar refractivity (Wildman–Crippen MR) is 104 cm³/mol. The zero-order chi connectivity index (χ0) is 18.3. The van der Waals surface area contributed by atoms with Crippen LogP contribution in [0.4, 0.5) is 0 Å². The second-order valence-electron chi connectivity index (χ2n) is 6.28. The second kappa shape index (κ2) is 6.38. The van der Waals surface area contributed by atoms with E-state index in [2.05, 4.69) is 4.98 Å². The third-order valence-corrected chi connectivity index (χ3v) is 5.37. The van der Waals surface area contributed by atoms with Gasteiger partial charge in [-0.15, -0.1) is 11.3 Å². The third-order valence-electron chi connectivity index (χ3n) is 4.35. The van der Waals surface area contributed by atoms with Gasteiger partial charge in [-0.3, -0.25) is 14.0 Å². The van der Waals surface area contributed by atoms with Crippen LogP contribution in [0, 0.1) is 6.92 Å². The Morgan fingerprint density at radius 2 is 1.96 bits per heavy atom. The minimum Gasteiger partial charge on any atom is -0.337 e. The van der Waals surface area contributed by atoms with E-state index in [0.717, 1.165) is 11.1 Å². The van der Waals surface area contributed by atoms with Gasteiger partial charge in [0, 0.05) is 19.8 Å². The van der Waals surface area contributed by atoms with Crippen molar-refractivity contribution < 1.29 is 4.79 Å². The molecule has 1 aromatic carbocycles. The Morgan fingerprint density at radius 3 is 2.73 bits per heavy atom. The van der Waals surface area contributed by atoms with Crippen LogP contribution in [0.5, 0.6) is 0 Å². The minimum atomic E-state index is -0.144. The highest BCUT2D eigenvalue weighted by atomic mass is 32.1. The number of benzene rings is 1. The summed E-state index contributed by atoms with van der Waals surface area (Å²) in [6, 6.07) is 15.2. The van der Waals surface area contributed by atoms with Crippen molar-refractivity contribution in [2.24, 2.45) is 0 Å². The summed E-state index contributed by atoms with van der Waals surface area (Å²) >= 11 is 1.27. The average molecular weight is 363 g/mol. The lowest BCUT2D eigenvalue weighted by Crippen LogP contribution is -2.25. The molecule has 0 aliphatic rings. The first-order chi connectivity index (χ1) is 12.5. The lowest BCUT2D eigenvalue weighted by Gasteiger charge is -2.16. The third kappa shape index (κ3) is 2.78. The van der Waals surface area contributed by atoms with Gasteiger partial charge in [0.15, 0.2) is 0 Å². The molecule has 0 bridgehead atoms. The number of hydrogen-bond donors (Lipinski definition) is 0. The maximum absolute atomic E-state index is 12.8. The van der Waals surface area contributed by atoms with Crippen molar-refractivity contribution in [1.29, 1.82) is 0 Å². The fourth-order valence-electron chi connectivity index (χ4n) is 2.98. The molecule has 0 atom stereocenters. The molecule has 0 unspecified atom stereocenters. The minimum absolute atomic E-state index is 0.109. The summed E-state index contributed by atoms with van der Waals surface area (Å²) in [7, 11) is 1.76. The number of amides is 1. The van der Waals surface area contributed by atoms with Gasteiger partial charge in [-0.1, -0.05) is 36.4 Å². The van der Waals surface area contributed by atoms with Crippen LogP contribution in [0.3, 0.4) is 0 Å². The van der Waals surface area contributed by atoms with E-state index in [9.17, 15) is 9.59 Å². The first kappa shape index (κ1) is 16.5. The van der Waals surface area contributed by atoms with Gasteiger partial charge in [0.1, 0.15) is 10.5 Å². The molecule has 0 aliphatic carbocycles. The molecule has 0 spiro atoms. The van der Waals surface area contributed by atoms with E-state index in [0.29, 0.717) is 27.3 Å². The number of carbonyl (C=O) groups is 1. The number of pyridine rings is 1. The van der Waals surface area contributed by atoms with Crippen LogP contribution in [0.1, 0.15) is 20.8 Å². The molecule has 4 rings (SSSR count). The Labute approximate surface area is 154 Å². The molecule has 0 fully saturated rings. The van der Waals surface area contributed by atoms with E-state index in [1.807, 2.05) is 49.4 Å². The van der Waals surface area contributed by atoms with Gasteiger partial charge in [-0.05, 0) is 30.2 Å². The molecule has 0 radical (unpaired) electrons. The molecule has 4 aromatic rings. The van der Waals surface area contributed by atoms with Crippen LogP contribution in [0.15, 0.2) is 59.5 Å². The molecule has 0 aliphatic heterocycles. The number of nitrogens with zero attached hydrogens (tertiary/aromatic N) is 3. The molecule has 0 N–H and O–H groups in total. The highest BCUT2D eigenvalue weighted by molar-refractivity contribution is 7.20. The SMILES string of the molecule is Cc1cccn2c(=O)c3cc(C(=O)N(C)Cc4ccccc4)sc3nc12. The van der Waals surface area contributed by atoms with E-state index in [-0.39, 0.29) is 11.5 Å². The van der Waals surface area contributed by atoms with Crippen LogP contribution in [-0.4, -0.2) is 27.2 Å². The molecule has 1 amide bonds. The largest absolute Gasteiger partial charge is 0.337 e. The molecule has 0 saturated carbocycles. The monoisotopic (exact) mass is 363 g/mol. The fourth-order valence-corrected chi connectivity index (χ4v) is 4.00. The molecular weight excluding hydrogens is 346 g/mol. The molecule has 3 aromatic heterocycles. The summed E-state index contributed by atoms with van der Waals surface area (Å²) in [6.45, 7) is 2.43. The summed E-state index contributed by atoms with van der Waals surface area (Å²) in [5, 5.41) is 0.481. The summed E-state index contributed by atoms with van der Waals surface area (Å²) in [5.74, 6) is -0.109. The highest BCUT2D eigenvalue weighted by Crippen LogP contribution is 2.24. The Morgan fingerprint density at radius 1 is 1.19 bits per heavy atom.